The maximum Gasteiger partial charge on any atom is 0.294 e. The van der Waals surface area contributed by atoms with Gasteiger partial charge in [-0.1, -0.05) is 29.8 Å². The van der Waals surface area contributed by atoms with Crippen molar-refractivity contribution in [1.82, 2.24) is 0 Å². The van der Waals surface area contributed by atoms with Crippen LogP contribution in [0.2, 0.25) is 5.02 Å². The number of hydrogen-bond donors (Lipinski definition) is 0. The predicted octanol–water partition coefficient (Wildman–Crippen LogP) is 4.17. The van der Waals surface area contributed by atoms with E-state index in [1.54, 1.807) is 30.3 Å². The third kappa shape index (κ3) is 3.05. The first-order valence-corrected chi connectivity index (χ1v) is 5.63. The van der Waals surface area contributed by atoms with Crippen molar-refractivity contribution >= 4 is 28.7 Å². The smallest absolute Gasteiger partial charge is 0.294 e. The highest BCUT2D eigenvalue weighted by Gasteiger charge is 2.17. The van der Waals surface area contributed by atoms with E-state index >= 15 is 0 Å². The molecule has 0 radical (unpaired) electrons. The maximum atomic E-state index is 11.8. The van der Waals surface area contributed by atoms with Crippen LogP contribution in [-0.4, -0.2) is 9.78 Å². The molecular weight excluding hydrogens is 270 g/mol. The van der Waals surface area contributed by atoms with Crippen LogP contribution < -0.4 is 0 Å². The fraction of sp³-hybridized carbons (Fsp3) is 0. The van der Waals surface area contributed by atoms with E-state index in [-0.39, 0.29) is 16.4 Å². The first kappa shape index (κ1) is 13.0. The Balaban J connectivity index is 2.39. The van der Waals surface area contributed by atoms with Crippen molar-refractivity contribution in [1.29, 1.82) is 0 Å². The zero-order chi connectivity index (χ0) is 13.8. The van der Waals surface area contributed by atoms with Gasteiger partial charge < -0.3 is 5.21 Å². The van der Waals surface area contributed by atoms with Gasteiger partial charge in [0.15, 0.2) is 0 Å². The summed E-state index contributed by atoms with van der Waals surface area (Å²) >= 11 is 5.66. The van der Waals surface area contributed by atoms with Gasteiger partial charge in [-0.15, -0.1) is 0 Å². The van der Waals surface area contributed by atoms with Crippen LogP contribution in [0.15, 0.2) is 53.6 Å². The minimum absolute atomic E-state index is 0.0261. The van der Waals surface area contributed by atoms with Crippen LogP contribution in [0, 0.1) is 15.3 Å². The molecule has 7 heteroatoms. The lowest BCUT2D eigenvalue weighted by molar-refractivity contribution is -0.436. The zero-order valence-electron chi connectivity index (χ0n) is 9.56. The molecule has 19 heavy (non-hydrogen) atoms. The van der Waals surface area contributed by atoms with Crippen molar-refractivity contribution in [3.05, 3.63) is 68.9 Å². The van der Waals surface area contributed by atoms with Gasteiger partial charge >= 0.3 is 0 Å². The Morgan fingerprint density at radius 2 is 1.74 bits per heavy atom. The molecule has 0 unspecified atom stereocenters. The molecule has 0 aliphatic carbocycles. The van der Waals surface area contributed by atoms with Crippen molar-refractivity contribution in [2.24, 2.45) is 5.11 Å². The van der Waals surface area contributed by atoms with Gasteiger partial charge in [-0.05, 0) is 23.1 Å². The Hall–Kier alpha value is -2.47. The van der Waals surface area contributed by atoms with Crippen LogP contribution >= 0.6 is 11.6 Å². The highest BCUT2D eigenvalue weighted by molar-refractivity contribution is 6.32. The van der Waals surface area contributed by atoms with Gasteiger partial charge in [0.05, 0.1) is 11.0 Å². The normalized spacial score (nSPS) is 11.3. The van der Waals surface area contributed by atoms with Gasteiger partial charge in [0.2, 0.25) is 0 Å². The van der Waals surface area contributed by atoms with Crippen molar-refractivity contribution in [3.8, 4) is 0 Å². The minimum Gasteiger partial charge on any atom is -0.594 e. The molecule has 0 aromatic heterocycles. The molecule has 0 aliphatic heterocycles. The average Bonchev–Trinajstić information content (AvgIpc) is 2.40. The van der Waals surface area contributed by atoms with Crippen LogP contribution in [0.5, 0.6) is 0 Å². The molecule has 0 spiro atoms. The minimum atomic E-state index is -0.651. The van der Waals surface area contributed by atoms with Crippen LogP contribution in [0.3, 0.4) is 0 Å². The molecule has 0 bridgehead atoms. The van der Waals surface area contributed by atoms with E-state index in [0.29, 0.717) is 10.5 Å². The second-order valence-corrected chi connectivity index (χ2v) is 4.01. The fourth-order valence-electron chi connectivity index (χ4n) is 1.42. The van der Waals surface area contributed by atoms with Crippen molar-refractivity contribution in [2.45, 2.75) is 0 Å². The number of nitrogens with zero attached hydrogens (tertiary/aromatic N) is 3. The first-order chi connectivity index (χ1) is 9.08. The van der Waals surface area contributed by atoms with Crippen LogP contribution in [0.25, 0.3) is 0 Å². The summed E-state index contributed by atoms with van der Waals surface area (Å²) in [4.78, 5) is 10.4. The standard InChI is InChI=1S/C12H8ClN3O3/c13-11-7-6-10(8-12(11)16(18)19)15(17)14-9-4-2-1-3-5-9/h1-8H. The Bertz CT molecular complexity index is 644. The van der Waals surface area contributed by atoms with Gasteiger partial charge in [0, 0.05) is 11.2 Å². The predicted molar refractivity (Wildman–Crippen MR) is 69.9 cm³/mol. The molecule has 0 saturated heterocycles. The third-order valence-corrected chi connectivity index (χ3v) is 2.63. The van der Waals surface area contributed by atoms with E-state index in [9.17, 15) is 15.3 Å². The van der Waals surface area contributed by atoms with E-state index in [4.69, 9.17) is 11.6 Å². The number of nitro groups is 1. The summed E-state index contributed by atoms with van der Waals surface area (Å²) < 4.78 is 0. The Kier molecular flexibility index (Phi) is 3.72. The zero-order valence-corrected chi connectivity index (χ0v) is 10.3. The molecule has 2 aromatic carbocycles. The fourth-order valence-corrected chi connectivity index (χ4v) is 1.60. The SMILES string of the molecule is O=[N+]([O-])c1cc([N+]([O-])=Nc2ccccc2)ccc1Cl. The highest BCUT2D eigenvalue weighted by atomic mass is 35.5. The van der Waals surface area contributed by atoms with Gasteiger partial charge in [-0.3, -0.25) is 10.1 Å². The molecular formula is C12H8ClN3O3. The van der Waals surface area contributed by atoms with E-state index in [1.165, 1.54) is 12.1 Å². The van der Waals surface area contributed by atoms with Gasteiger partial charge in [0.1, 0.15) is 10.7 Å². The van der Waals surface area contributed by atoms with Crippen molar-refractivity contribution in [3.63, 3.8) is 0 Å². The van der Waals surface area contributed by atoms with Crippen molar-refractivity contribution < 1.29 is 9.78 Å². The van der Waals surface area contributed by atoms with E-state index < -0.39 is 4.92 Å². The quantitative estimate of drug-likeness (QED) is 0.365. The Morgan fingerprint density at radius 1 is 1.05 bits per heavy atom. The molecule has 0 saturated carbocycles. The summed E-state index contributed by atoms with van der Waals surface area (Å²) in [5.41, 5.74) is 0.165. The topological polar surface area (TPSA) is 81.6 Å². The molecule has 0 aliphatic rings. The summed E-state index contributed by atoms with van der Waals surface area (Å²) in [6.45, 7) is 0. The third-order valence-electron chi connectivity index (χ3n) is 2.31. The second-order valence-electron chi connectivity index (χ2n) is 3.60. The monoisotopic (exact) mass is 277 g/mol. The maximum absolute atomic E-state index is 11.8. The molecule has 0 heterocycles. The van der Waals surface area contributed by atoms with E-state index in [1.807, 2.05) is 0 Å². The van der Waals surface area contributed by atoms with Crippen LogP contribution in [0.1, 0.15) is 0 Å². The summed E-state index contributed by atoms with van der Waals surface area (Å²) in [5, 5.41) is 26.3. The summed E-state index contributed by atoms with van der Waals surface area (Å²) in [6.07, 6.45) is 0. The Morgan fingerprint density at radius 3 is 2.37 bits per heavy atom. The lowest BCUT2D eigenvalue weighted by atomic mass is 10.3. The largest absolute Gasteiger partial charge is 0.594 e. The van der Waals surface area contributed by atoms with E-state index in [0.717, 1.165) is 6.07 Å². The molecule has 2 aromatic rings. The first-order valence-electron chi connectivity index (χ1n) is 5.26. The number of nitro benzene ring substituents is 1. The van der Waals surface area contributed by atoms with Gasteiger partial charge in [0.25, 0.3) is 11.4 Å². The number of rotatable bonds is 3. The summed E-state index contributed by atoms with van der Waals surface area (Å²) in [5.74, 6) is 0. The molecule has 6 nitrogen and oxygen atoms in total. The highest BCUT2D eigenvalue weighted by Crippen LogP contribution is 2.29. The molecule has 96 valence electrons. The summed E-state index contributed by atoms with van der Waals surface area (Å²) in [7, 11) is 0. The molecule has 2 rings (SSSR count). The van der Waals surface area contributed by atoms with Gasteiger partial charge in [-0.2, -0.15) is 0 Å². The molecule has 0 amide bonds. The van der Waals surface area contributed by atoms with E-state index in [2.05, 4.69) is 5.11 Å². The second kappa shape index (κ2) is 5.45. The summed E-state index contributed by atoms with van der Waals surface area (Å²) in [6, 6.07) is 12.3. The average molecular weight is 278 g/mol. The number of hydrogen-bond acceptors (Lipinski definition) is 4. The number of azo groups is 1. The lowest BCUT2D eigenvalue weighted by Gasteiger charge is -2.00. The molecule has 0 N–H and O–H groups in total. The number of halogens is 1. The lowest BCUT2D eigenvalue weighted by Crippen LogP contribution is -1.94. The van der Waals surface area contributed by atoms with Crippen LogP contribution in [0.4, 0.5) is 17.1 Å². The Labute approximate surface area is 113 Å². The molecule has 0 fully saturated rings. The van der Waals surface area contributed by atoms with Crippen LogP contribution in [-0.2, 0) is 0 Å². The van der Waals surface area contributed by atoms with Crippen molar-refractivity contribution in [2.75, 3.05) is 0 Å². The number of benzene rings is 2. The molecule has 0 atom stereocenters. The van der Waals surface area contributed by atoms with Gasteiger partial charge in [-0.25, -0.2) is 0 Å².